The largest absolute Gasteiger partial charge is 0.491 e. The van der Waals surface area contributed by atoms with E-state index in [1.54, 1.807) is 12.1 Å². The van der Waals surface area contributed by atoms with Gasteiger partial charge in [-0.05, 0) is 50.9 Å². The molecule has 0 amide bonds. The number of rotatable bonds is 6. The van der Waals surface area contributed by atoms with E-state index < -0.39 is 30.9 Å². The molecule has 2 rings (SSSR count). The molecule has 0 spiro atoms. The van der Waals surface area contributed by atoms with Gasteiger partial charge in [0.05, 0.1) is 11.2 Å². The maximum atomic E-state index is 13.1. The lowest BCUT2D eigenvalue weighted by Crippen LogP contribution is -2.41. The monoisotopic (exact) mass is 392 g/mol. The van der Waals surface area contributed by atoms with Crippen LogP contribution in [0.25, 0.3) is 6.08 Å². The molecule has 3 nitrogen and oxygen atoms in total. The van der Waals surface area contributed by atoms with Gasteiger partial charge in [-0.1, -0.05) is 18.2 Å². The molecule has 1 aliphatic rings. The molecule has 1 aromatic rings. The van der Waals surface area contributed by atoms with Crippen molar-refractivity contribution in [1.82, 2.24) is 0 Å². The average molecular weight is 392 g/mol. The van der Waals surface area contributed by atoms with Gasteiger partial charge in [0.2, 0.25) is 0 Å². The Morgan fingerprint density at radius 2 is 1.81 bits per heavy atom. The fourth-order valence-corrected chi connectivity index (χ4v) is 2.51. The lowest BCUT2D eigenvalue weighted by molar-refractivity contribution is -0.253. The molecule has 0 unspecified atom stereocenters. The third-order valence-electron chi connectivity index (χ3n) is 4.46. The summed E-state index contributed by atoms with van der Waals surface area (Å²) in [4.78, 5) is 0. The molecule has 144 valence electrons. The fourth-order valence-electron chi connectivity index (χ4n) is 2.27. The van der Waals surface area contributed by atoms with Crippen molar-refractivity contribution in [3.05, 3.63) is 35.3 Å². The van der Waals surface area contributed by atoms with Crippen molar-refractivity contribution in [3.8, 4) is 5.75 Å². The average Bonchev–Trinajstić information content (AvgIpc) is 2.72. The van der Waals surface area contributed by atoms with Gasteiger partial charge < -0.3 is 14.0 Å². The smallest absolute Gasteiger partial charge is 0.428 e. The Bertz CT molecular complexity index is 664. The topological polar surface area (TPSA) is 27.7 Å². The molecule has 1 heterocycles. The molecule has 26 heavy (non-hydrogen) atoms. The normalized spacial score (nSPS) is 19.9. The van der Waals surface area contributed by atoms with Crippen molar-refractivity contribution in [2.45, 2.75) is 51.4 Å². The number of hydrogen-bond donors (Lipinski definition) is 1. The first-order valence-corrected chi connectivity index (χ1v) is 8.63. The number of alkyl halides is 4. The second-order valence-electron chi connectivity index (χ2n) is 7.00. The van der Waals surface area contributed by atoms with Gasteiger partial charge in [0.15, 0.2) is 0 Å². The van der Waals surface area contributed by atoms with Crippen molar-refractivity contribution in [3.63, 3.8) is 0 Å². The molecule has 1 aliphatic heterocycles. The van der Waals surface area contributed by atoms with Crippen LogP contribution in [0.1, 0.15) is 33.3 Å². The van der Waals surface area contributed by atoms with Crippen LogP contribution in [0.3, 0.4) is 0 Å². The summed E-state index contributed by atoms with van der Waals surface area (Å²) in [5, 5.41) is 0. The van der Waals surface area contributed by atoms with Crippen LogP contribution in [-0.2, 0) is 9.31 Å². The molecular weight excluding hydrogens is 371 g/mol. The van der Waals surface area contributed by atoms with Crippen molar-refractivity contribution >= 4 is 25.8 Å². The summed E-state index contributed by atoms with van der Waals surface area (Å²) in [6.07, 6.45) is -6.82. The molecular formula is C17H21BF4O3S. The van der Waals surface area contributed by atoms with Crippen molar-refractivity contribution < 1.29 is 31.6 Å². The lowest BCUT2D eigenvalue weighted by Gasteiger charge is -2.32. The maximum absolute atomic E-state index is 13.1. The number of thiol groups is 1. The number of hydrogen-bond acceptors (Lipinski definition) is 4. The summed E-state index contributed by atoms with van der Waals surface area (Å²) < 4.78 is 66.7. The predicted molar refractivity (Wildman–Crippen MR) is 95.9 cm³/mol. The highest BCUT2D eigenvalue weighted by Crippen LogP contribution is 2.39. The number of halogens is 4. The summed E-state index contributed by atoms with van der Waals surface area (Å²) in [5.74, 6) is -0.0637. The SMILES string of the molecule is CC1(C)OB(C(=Cc2cccc(OC(F)(F)C(F)F)c2)CS)OC1(C)C. The first-order chi connectivity index (χ1) is 11.9. The lowest BCUT2D eigenvalue weighted by atomic mass is 9.78. The highest BCUT2D eigenvalue weighted by Gasteiger charge is 2.52. The van der Waals surface area contributed by atoms with Gasteiger partial charge in [-0.25, -0.2) is 0 Å². The Labute approximate surface area is 156 Å². The Hall–Kier alpha value is -1.19. The minimum Gasteiger partial charge on any atom is -0.428 e. The predicted octanol–water partition coefficient (Wildman–Crippen LogP) is 4.87. The fraction of sp³-hybridized carbons (Fsp3) is 0.529. The second-order valence-corrected chi connectivity index (χ2v) is 7.32. The Morgan fingerprint density at radius 1 is 1.23 bits per heavy atom. The van der Waals surface area contributed by atoms with Crippen LogP contribution in [0.4, 0.5) is 17.6 Å². The van der Waals surface area contributed by atoms with E-state index in [0.717, 1.165) is 0 Å². The minimum absolute atomic E-state index is 0.301. The highest BCUT2D eigenvalue weighted by atomic mass is 32.1. The van der Waals surface area contributed by atoms with E-state index in [-0.39, 0.29) is 5.75 Å². The highest BCUT2D eigenvalue weighted by molar-refractivity contribution is 7.80. The third-order valence-corrected chi connectivity index (χ3v) is 4.82. The molecule has 1 fully saturated rings. The van der Waals surface area contributed by atoms with Gasteiger partial charge in [-0.2, -0.15) is 30.2 Å². The Kier molecular flexibility index (Phi) is 6.04. The molecule has 1 saturated heterocycles. The van der Waals surface area contributed by atoms with Crippen molar-refractivity contribution in [1.29, 1.82) is 0 Å². The molecule has 0 bridgehead atoms. The summed E-state index contributed by atoms with van der Waals surface area (Å²) in [5.41, 5.74) is 0.0737. The standard InChI is InChI=1S/C17H21BF4O3S/c1-15(2)16(3,4)25-18(24-15)12(10-26)8-11-6-5-7-13(9-11)23-17(21,22)14(19)20/h5-9,14,26H,10H2,1-4H3. The van der Waals surface area contributed by atoms with Crippen molar-refractivity contribution in [2.75, 3.05) is 5.75 Å². The first-order valence-electron chi connectivity index (χ1n) is 8.00. The zero-order valence-corrected chi connectivity index (χ0v) is 15.8. The molecule has 9 heteroatoms. The molecule has 0 aliphatic carbocycles. The Balaban J connectivity index is 2.24. The Morgan fingerprint density at radius 3 is 2.31 bits per heavy atom. The second kappa shape index (κ2) is 7.44. The zero-order chi connectivity index (χ0) is 19.8. The third kappa shape index (κ3) is 4.56. The van der Waals surface area contributed by atoms with E-state index in [1.807, 2.05) is 27.7 Å². The van der Waals surface area contributed by atoms with Gasteiger partial charge in [-0.15, -0.1) is 0 Å². The molecule has 0 aromatic heterocycles. The first kappa shape index (κ1) is 21.1. The van der Waals surface area contributed by atoms with Gasteiger partial charge in [0.25, 0.3) is 0 Å². The van der Waals surface area contributed by atoms with Gasteiger partial charge in [0, 0.05) is 5.75 Å². The van der Waals surface area contributed by atoms with E-state index in [2.05, 4.69) is 17.4 Å². The van der Waals surface area contributed by atoms with E-state index in [0.29, 0.717) is 16.8 Å². The summed E-state index contributed by atoms with van der Waals surface area (Å²) in [7, 11) is -0.649. The van der Waals surface area contributed by atoms with E-state index >= 15 is 0 Å². The van der Waals surface area contributed by atoms with Crippen LogP contribution in [0.2, 0.25) is 0 Å². The summed E-state index contributed by atoms with van der Waals surface area (Å²) in [6.45, 7) is 7.63. The quantitative estimate of drug-likeness (QED) is 0.426. The van der Waals surface area contributed by atoms with Crippen LogP contribution in [0.5, 0.6) is 5.75 Å². The number of ether oxygens (including phenoxy) is 1. The molecule has 0 N–H and O–H groups in total. The van der Waals surface area contributed by atoms with Gasteiger partial charge in [0.1, 0.15) is 5.75 Å². The summed E-state index contributed by atoms with van der Waals surface area (Å²) >= 11 is 4.28. The molecule has 1 aromatic carbocycles. The van der Waals surface area contributed by atoms with Crippen LogP contribution in [0.15, 0.2) is 29.7 Å². The molecule has 0 radical (unpaired) electrons. The van der Waals surface area contributed by atoms with E-state index in [9.17, 15) is 17.6 Å². The van der Waals surface area contributed by atoms with E-state index in [1.165, 1.54) is 18.2 Å². The van der Waals surface area contributed by atoms with Gasteiger partial charge in [-0.3, -0.25) is 0 Å². The summed E-state index contributed by atoms with van der Waals surface area (Å²) in [6, 6.07) is 5.49. The van der Waals surface area contributed by atoms with E-state index in [4.69, 9.17) is 9.31 Å². The maximum Gasteiger partial charge on any atom is 0.491 e. The van der Waals surface area contributed by atoms with Gasteiger partial charge >= 0.3 is 19.7 Å². The molecule has 0 atom stereocenters. The van der Waals surface area contributed by atoms with Crippen LogP contribution >= 0.6 is 12.6 Å². The zero-order valence-electron chi connectivity index (χ0n) is 14.9. The van der Waals surface area contributed by atoms with Crippen LogP contribution in [-0.4, -0.2) is 36.6 Å². The number of benzene rings is 1. The minimum atomic E-state index is -4.56. The van der Waals surface area contributed by atoms with Crippen molar-refractivity contribution in [2.24, 2.45) is 0 Å². The van der Waals surface area contributed by atoms with Crippen LogP contribution < -0.4 is 4.74 Å². The van der Waals surface area contributed by atoms with Crippen LogP contribution in [0, 0.1) is 0 Å². The molecule has 0 saturated carbocycles.